The monoisotopic (exact) mass is 521 g/mol. The van der Waals surface area contributed by atoms with E-state index in [1.165, 1.54) is 17.2 Å². The van der Waals surface area contributed by atoms with E-state index < -0.39 is 5.82 Å². The first-order valence-corrected chi connectivity index (χ1v) is 12.4. The van der Waals surface area contributed by atoms with Crippen LogP contribution in [0.5, 0.6) is 0 Å². The number of imidazole rings is 1. The molecule has 2 aromatic heterocycles. The minimum Gasteiger partial charge on any atom is -0.377 e. The van der Waals surface area contributed by atoms with Gasteiger partial charge in [-0.05, 0) is 31.3 Å². The highest BCUT2D eigenvalue weighted by Crippen LogP contribution is 2.33. The van der Waals surface area contributed by atoms with E-state index in [0.29, 0.717) is 41.7 Å². The van der Waals surface area contributed by atoms with Crippen LogP contribution < -0.4 is 9.80 Å². The first kappa shape index (κ1) is 23.8. The molecule has 1 amide bonds. The first-order valence-electron chi connectivity index (χ1n) is 12.1. The fraction of sp³-hybridized carbons (Fsp3) is 0.308. The molecule has 4 heterocycles. The second kappa shape index (κ2) is 9.70. The number of piperazine rings is 1. The Bertz CT molecular complexity index is 1470. The van der Waals surface area contributed by atoms with Crippen LogP contribution in [0.25, 0.3) is 22.3 Å². The summed E-state index contributed by atoms with van der Waals surface area (Å²) in [4.78, 5) is 30.9. The lowest BCUT2D eigenvalue weighted by Gasteiger charge is -2.34. The molecular weight excluding hydrogens is 497 g/mol. The molecule has 0 saturated carbocycles. The summed E-state index contributed by atoms with van der Waals surface area (Å²) in [6, 6.07) is 10.7. The number of aromatic nitrogens is 4. The van der Waals surface area contributed by atoms with Crippen LogP contribution in [0.4, 0.5) is 21.7 Å². The zero-order valence-corrected chi connectivity index (χ0v) is 21.0. The van der Waals surface area contributed by atoms with Gasteiger partial charge in [-0.25, -0.2) is 19.3 Å². The van der Waals surface area contributed by atoms with Crippen molar-refractivity contribution in [1.82, 2.24) is 24.4 Å². The Morgan fingerprint density at radius 2 is 1.92 bits per heavy atom. The maximum absolute atomic E-state index is 15.1. The number of likely N-dealkylation sites (N-methyl/N-ethyl adjacent to an activating group) is 1. The van der Waals surface area contributed by atoms with Crippen molar-refractivity contribution in [3.63, 3.8) is 0 Å². The number of amides is 1. The normalized spacial score (nSPS) is 16.7. The highest BCUT2D eigenvalue weighted by molar-refractivity contribution is 6.33. The number of ether oxygens (including phenoxy) is 1. The number of hydrogen-bond donors (Lipinski definition) is 0. The lowest BCUT2D eigenvalue weighted by atomic mass is 10.1. The molecule has 0 bridgehead atoms. The zero-order chi connectivity index (χ0) is 25.5. The molecule has 0 unspecified atom stereocenters. The lowest BCUT2D eigenvalue weighted by Crippen LogP contribution is -2.44. The molecule has 2 fully saturated rings. The number of anilines is 3. The summed E-state index contributed by atoms with van der Waals surface area (Å²) in [6.07, 6.45) is 3.83. The Morgan fingerprint density at radius 3 is 2.62 bits per heavy atom. The van der Waals surface area contributed by atoms with E-state index in [-0.39, 0.29) is 12.0 Å². The fourth-order valence-corrected chi connectivity index (χ4v) is 4.90. The van der Waals surface area contributed by atoms with Gasteiger partial charge in [0, 0.05) is 37.8 Å². The summed E-state index contributed by atoms with van der Waals surface area (Å²) in [5.74, 6) is -0.302. The average Bonchev–Trinajstić information content (AvgIpc) is 3.28. The van der Waals surface area contributed by atoms with Crippen molar-refractivity contribution in [2.75, 3.05) is 56.2 Å². The van der Waals surface area contributed by atoms with Crippen LogP contribution >= 0.6 is 11.6 Å². The van der Waals surface area contributed by atoms with Gasteiger partial charge >= 0.3 is 0 Å². The van der Waals surface area contributed by atoms with E-state index in [4.69, 9.17) is 16.3 Å². The summed E-state index contributed by atoms with van der Waals surface area (Å²) in [5, 5.41) is 0.337. The minimum atomic E-state index is -0.401. The molecule has 0 spiro atoms. The molecule has 0 N–H and O–H groups in total. The van der Waals surface area contributed by atoms with Gasteiger partial charge in [0.25, 0.3) is 0 Å². The number of nitrogens with zero attached hydrogens (tertiary/aromatic N) is 7. The Hall–Kier alpha value is -3.60. The van der Waals surface area contributed by atoms with Crippen molar-refractivity contribution in [2.24, 2.45) is 0 Å². The van der Waals surface area contributed by atoms with E-state index >= 15 is 4.39 Å². The molecule has 11 heteroatoms. The molecule has 0 atom stereocenters. The Labute approximate surface area is 218 Å². The molecule has 190 valence electrons. The van der Waals surface area contributed by atoms with Crippen LogP contribution in [-0.4, -0.2) is 77.3 Å². The molecule has 2 aliphatic rings. The summed E-state index contributed by atoms with van der Waals surface area (Å²) < 4.78 is 22.5. The van der Waals surface area contributed by atoms with Gasteiger partial charge in [-0.1, -0.05) is 17.7 Å². The third kappa shape index (κ3) is 4.41. The van der Waals surface area contributed by atoms with Gasteiger partial charge in [-0.3, -0.25) is 9.69 Å². The first-order chi connectivity index (χ1) is 18.0. The second-order valence-corrected chi connectivity index (χ2v) is 9.72. The van der Waals surface area contributed by atoms with E-state index in [0.717, 1.165) is 42.8 Å². The lowest BCUT2D eigenvalue weighted by molar-refractivity contribution is -0.106. The summed E-state index contributed by atoms with van der Waals surface area (Å²) in [6.45, 7) is 4.50. The smallest absolute Gasteiger partial charge is 0.237 e. The number of fused-ring (bicyclic) bond motifs is 1. The quantitative estimate of drug-likeness (QED) is 0.356. The molecule has 0 radical (unpaired) electrons. The second-order valence-electron chi connectivity index (χ2n) is 9.31. The number of carbonyl (C=O) groups is 1. The highest BCUT2D eigenvalue weighted by Gasteiger charge is 2.23. The molecule has 37 heavy (non-hydrogen) atoms. The molecule has 2 aliphatic heterocycles. The van der Waals surface area contributed by atoms with Crippen LogP contribution in [0.15, 0.2) is 48.9 Å². The SMILES string of the molecule is CN1CCN(c2ccc(N(C=O)c3ncc(Cl)c(-c4ccc5ncn(C6COC6)c5c4)n3)cc2F)CC1. The third-order valence-electron chi connectivity index (χ3n) is 6.97. The molecule has 0 aliphatic carbocycles. The van der Waals surface area contributed by atoms with Crippen molar-refractivity contribution in [1.29, 1.82) is 0 Å². The van der Waals surface area contributed by atoms with E-state index in [2.05, 4.69) is 31.5 Å². The predicted molar refractivity (Wildman–Crippen MR) is 140 cm³/mol. The molecule has 2 saturated heterocycles. The van der Waals surface area contributed by atoms with Gasteiger partial charge in [-0.2, -0.15) is 0 Å². The molecule has 9 nitrogen and oxygen atoms in total. The van der Waals surface area contributed by atoms with Crippen molar-refractivity contribution in [3.05, 3.63) is 59.8 Å². The summed E-state index contributed by atoms with van der Waals surface area (Å²) >= 11 is 6.49. The van der Waals surface area contributed by atoms with Crippen LogP contribution in [-0.2, 0) is 9.53 Å². The maximum atomic E-state index is 15.1. The number of benzene rings is 2. The van der Waals surface area contributed by atoms with Crippen molar-refractivity contribution in [2.45, 2.75) is 6.04 Å². The Balaban J connectivity index is 1.32. The largest absolute Gasteiger partial charge is 0.377 e. The van der Waals surface area contributed by atoms with Gasteiger partial charge in [-0.15, -0.1) is 0 Å². The Morgan fingerprint density at radius 1 is 1.11 bits per heavy atom. The van der Waals surface area contributed by atoms with Gasteiger partial charge in [0.2, 0.25) is 12.4 Å². The van der Waals surface area contributed by atoms with Gasteiger partial charge in [0.1, 0.15) is 5.82 Å². The minimum absolute atomic E-state index is 0.0992. The standard InChI is InChI=1S/C26H25ClFN7O2/c1-32-6-8-33(9-7-32)23-5-3-18(11-21(23)28)35(16-36)26-29-12-20(27)25(31-26)17-2-4-22-24(10-17)34(15-30-22)19-13-37-14-19/h2-5,10-12,15-16,19H,6-9,13-14H2,1H3. The molecule has 4 aromatic rings. The van der Waals surface area contributed by atoms with Gasteiger partial charge in [0.15, 0.2) is 0 Å². The zero-order valence-electron chi connectivity index (χ0n) is 20.2. The average molecular weight is 522 g/mol. The van der Waals surface area contributed by atoms with Gasteiger partial charge < -0.3 is 19.1 Å². The number of carbonyl (C=O) groups excluding carboxylic acids is 1. The number of rotatable bonds is 6. The summed E-state index contributed by atoms with van der Waals surface area (Å²) in [7, 11) is 2.05. The molecule has 2 aromatic carbocycles. The van der Waals surface area contributed by atoms with Crippen LogP contribution in [0.1, 0.15) is 6.04 Å². The molecule has 6 rings (SSSR count). The van der Waals surface area contributed by atoms with Crippen molar-refractivity contribution < 1.29 is 13.9 Å². The van der Waals surface area contributed by atoms with Gasteiger partial charge in [0.05, 0.1) is 64.9 Å². The van der Waals surface area contributed by atoms with E-state index in [9.17, 15) is 4.79 Å². The fourth-order valence-electron chi connectivity index (χ4n) is 4.70. The van der Waals surface area contributed by atoms with Crippen molar-refractivity contribution >= 4 is 46.4 Å². The van der Waals surface area contributed by atoms with E-state index in [1.54, 1.807) is 12.1 Å². The topological polar surface area (TPSA) is 79.6 Å². The summed E-state index contributed by atoms with van der Waals surface area (Å²) in [5.41, 5.74) is 3.86. The number of hydrogen-bond acceptors (Lipinski definition) is 7. The maximum Gasteiger partial charge on any atom is 0.237 e. The van der Waals surface area contributed by atoms with E-state index in [1.807, 2.05) is 29.4 Å². The van der Waals surface area contributed by atoms with Crippen LogP contribution in [0.2, 0.25) is 5.02 Å². The van der Waals surface area contributed by atoms with Crippen molar-refractivity contribution in [3.8, 4) is 11.3 Å². The highest BCUT2D eigenvalue weighted by atomic mass is 35.5. The predicted octanol–water partition coefficient (Wildman–Crippen LogP) is 3.90. The Kier molecular flexibility index (Phi) is 6.23. The third-order valence-corrected chi connectivity index (χ3v) is 7.24. The van der Waals surface area contributed by atoms with Crippen LogP contribution in [0.3, 0.4) is 0 Å². The van der Waals surface area contributed by atoms with Crippen LogP contribution in [0, 0.1) is 5.82 Å². The molecular formula is C26H25ClFN7O2. The number of halogens is 2.